The molecule has 110 valence electrons. The lowest BCUT2D eigenvalue weighted by Crippen LogP contribution is -2.14. The van der Waals surface area contributed by atoms with Gasteiger partial charge in [-0.3, -0.25) is 4.79 Å². The summed E-state index contributed by atoms with van der Waals surface area (Å²) in [6, 6.07) is 7.61. The van der Waals surface area contributed by atoms with Crippen LogP contribution in [0, 0.1) is 17.5 Å². The number of carbonyl (C=O) groups is 1. The third-order valence-electron chi connectivity index (χ3n) is 2.88. The normalized spacial score (nSPS) is 10.5. The Bertz CT molecular complexity index is 674. The average molecular weight is 294 g/mol. The van der Waals surface area contributed by atoms with E-state index in [1.807, 2.05) is 6.07 Å². The summed E-state index contributed by atoms with van der Waals surface area (Å²) in [5.74, 6) is -4.20. The van der Waals surface area contributed by atoms with Gasteiger partial charge < -0.3 is 11.1 Å². The van der Waals surface area contributed by atoms with Gasteiger partial charge in [-0.2, -0.15) is 0 Å². The van der Waals surface area contributed by atoms with Crippen LogP contribution in [0.3, 0.4) is 0 Å². The lowest BCUT2D eigenvalue weighted by atomic mass is 10.1. The molecule has 0 aliphatic rings. The van der Waals surface area contributed by atoms with Gasteiger partial charge in [-0.1, -0.05) is 12.1 Å². The third kappa shape index (κ3) is 3.61. The molecule has 0 spiro atoms. The molecule has 21 heavy (non-hydrogen) atoms. The van der Waals surface area contributed by atoms with Crippen molar-refractivity contribution >= 4 is 11.6 Å². The molecule has 6 heteroatoms. The molecule has 3 nitrogen and oxygen atoms in total. The van der Waals surface area contributed by atoms with Gasteiger partial charge in [0.25, 0.3) is 5.91 Å². The molecule has 0 heterocycles. The lowest BCUT2D eigenvalue weighted by molar-refractivity contribution is 0.102. The van der Waals surface area contributed by atoms with E-state index in [4.69, 9.17) is 5.73 Å². The maximum Gasteiger partial charge on any atom is 0.255 e. The van der Waals surface area contributed by atoms with Crippen LogP contribution in [-0.2, 0) is 6.42 Å². The largest absolute Gasteiger partial charge is 0.330 e. The summed E-state index contributed by atoms with van der Waals surface area (Å²) in [6.45, 7) is 0.433. The molecule has 2 aromatic carbocycles. The average Bonchev–Trinajstić information content (AvgIpc) is 2.45. The summed E-state index contributed by atoms with van der Waals surface area (Å²) >= 11 is 0. The molecular formula is C15H13F3N2O. The Morgan fingerprint density at radius 2 is 1.76 bits per heavy atom. The van der Waals surface area contributed by atoms with E-state index >= 15 is 0 Å². The number of anilines is 1. The summed E-state index contributed by atoms with van der Waals surface area (Å²) in [5.41, 5.74) is 6.16. The van der Waals surface area contributed by atoms with E-state index in [9.17, 15) is 18.0 Å². The molecule has 0 saturated carbocycles. The summed E-state index contributed by atoms with van der Waals surface area (Å²) in [4.78, 5) is 12.0. The van der Waals surface area contributed by atoms with Gasteiger partial charge in [-0.15, -0.1) is 0 Å². The van der Waals surface area contributed by atoms with Gasteiger partial charge in [-0.25, -0.2) is 13.2 Å². The summed E-state index contributed by atoms with van der Waals surface area (Å²) < 4.78 is 39.4. The second kappa shape index (κ2) is 6.41. The van der Waals surface area contributed by atoms with Crippen molar-refractivity contribution in [1.29, 1.82) is 0 Å². The summed E-state index contributed by atoms with van der Waals surface area (Å²) in [6.07, 6.45) is 0.598. The molecule has 0 unspecified atom stereocenters. The minimum absolute atomic E-state index is 0.282. The molecule has 2 aromatic rings. The van der Waals surface area contributed by atoms with E-state index in [2.05, 4.69) is 5.32 Å². The van der Waals surface area contributed by atoms with Crippen molar-refractivity contribution < 1.29 is 18.0 Å². The molecule has 2 rings (SSSR count). The van der Waals surface area contributed by atoms with Gasteiger partial charge >= 0.3 is 0 Å². The van der Waals surface area contributed by atoms with E-state index < -0.39 is 29.0 Å². The molecule has 0 fully saturated rings. The molecule has 3 N–H and O–H groups in total. The van der Waals surface area contributed by atoms with Crippen LogP contribution in [0.5, 0.6) is 0 Å². The van der Waals surface area contributed by atoms with Crippen molar-refractivity contribution in [3.63, 3.8) is 0 Å². The molecule has 0 aromatic heterocycles. The van der Waals surface area contributed by atoms with Crippen molar-refractivity contribution in [2.75, 3.05) is 11.9 Å². The molecule has 0 aliphatic carbocycles. The summed E-state index contributed by atoms with van der Waals surface area (Å²) in [7, 11) is 0. The number of hydrogen-bond donors (Lipinski definition) is 2. The molecule has 0 aliphatic heterocycles. The van der Waals surface area contributed by atoms with Crippen LogP contribution in [0.25, 0.3) is 0 Å². The van der Waals surface area contributed by atoms with Gasteiger partial charge in [0.15, 0.2) is 11.6 Å². The van der Waals surface area contributed by atoms with E-state index in [1.165, 1.54) is 6.07 Å². The predicted molar refractivity (Wildman–Crippen MR) is 73.5 cm³/mol. The second-order valence-corrected chi connectivity index (χ2v) is 4.44. The molecule has 0 saturated heterocycles. The van der Waals surface area contributed by atoms with Gasteiger partial charge in [0.05, 0.1) is 5.69 Å². The first-order chi connectivity index (χ1) is 10.0. The molecular weight excluding hydrogens is 281 g/mol. The smallest absolute Gasteiger partial charge is 0.255 e. The zero-order valence-electron chi connectivity index (χ0n) is 11.0. The van der Waals surface area contributed by atoms with Crippen LogP contribution in [0.2, 0.25) is 0 Å². The van der Waals surface area contributed by atoms with Crippen molar-refractivity contribution in [2.45, 2.75) is 6.42 Å². The van der Waals surface area contributed by atoms with Crippen molar-refractivity contribution in [3.8, 4) is 0 Å². The Balaban J connectivity index is 2.22. The molecule has 0 bridgehead atoms. The minimum atomic E-state index is -1.31. The van der Waals surface area contributed by atoms with Crippen LogP contribution in [0.15, 0.2) is 36.4 Å². The Morgan fingerprint density at radius 3 is 2.48 bits per heavy atom. The van der Waals surface area contributed by atoms with Crippen LogP contribution in [0.4, 0.5) is 18.9 Å². The number of halogens is 3. The van der Waals surface area contributed by atoms with Crippen LogP contribution in [0.1, 0.15) is 15.9 Å². The maximum absolute atomic E-state index is 13.5. The van der Waals surface area contributed by atoms with Crippen molar-refractivity contribution in [1.82, 2.24) is 0 Å². The zero-order chi connectivity index (χ0) is 15.4. The second-order valence-electron chi connectivity index (χ2n) is 4.44. The highest BCUT2D eigenvalue weighted by Crippen LogP contribution is 2.19. The maximum atomic E-state index is 13.5. The van der Waals surface area contributed by atoms with E-state index in [0.29, 0.717) is 25.1 Å². The highest BCUT2D eigenvalue weighted by molar-refractivity contribution is 6.04. The Hall–Kier alpha value is -2.34. The minimum Gasteiger partial charge on any atom is -0.330 e. The first-order valence-corrected chi connectivity index (χ1v) is 6.26. The van der Waals surface area contributed by atoms with Crippen molar-refractivity contribution in [3.05, 3.63) is 65.0 Å². The number of nitrogens with one attached hydrogen (secondary N) is 1. The quantitative estimate of drug-likeness (QED) is 0.852. The number of hydrogen-bond acceptors (Lipinski definition) is 2. The zero-order valence-corrected chi connectivity index (χ0v) is 11.0. The third-order valence-corrected chi connectivity index (χ3v) is 2.88. The Kier molecular flexibility index (Phi) is 4.59. The fourth-order valence-corrected chi connectivity index (χ4v) is 1.85. The predicted octanol–water partition coefficient (Wildman–Crippen LogP) is 2.86. The Morgan fingerprint density at radius 1 is 1.05 bits per heavy atom. The number of carbonyl (C=O) groups excluding carboxylic acids is 1. The van der Waals surface area contributed by atoms with Gasteiger partial charge in [0.1, 0.15) is 5.82 Å². The Labute approximate surface area is 119 Å². The van der Waals surface area contributed by atoms with Crippen LogP contribution >= 0.6 is 0 Å². The first kappa shape index (κ1) is 15.1. The molecule has 1 amide bonds. The number of benzene rings is 2. The van der Waals surface area contributed by atoms with E-state index in [-0.39, 0.29) is 5.56 Å². The highest BCUT2D eigenvalue weighted by Gasteiger charge is 2.13. The topological polar surface area (TPSA) is 55.1 Å². The number of nitrogens with two attached hydrogens (primary N) is 1. The number of amides is 1. The SMILES string of the molecule is NCCc1cccc(C(=O)Nc2cc(F)c(F)cc2F)c1. The van der Waals surface area contributed by atoms with E-state index in [0.717, 1.165) is 5.56 Å². The molecule has 0 atom stereocenters. The first-order valence-electron chi connectivity index (χ1n) is 6.26. The van der Waals surface area contributed by atoms with Crippen molar-refractivity contribution in [2.24, 2.45) is 5.73 Å². The number of rotatable bonds is 4. The molecule has 0 radical (unpaired) electrons. The van der Waals surface area contributed by atoms with Gasteiger partial charge in [-0.05, 0) is 30.7 Å². The van der Waals surface area contributed by atoms with Gasteiger partial charge in [0.2, 0.25) is 0 Å². The van der Waals surface area contributed by atoms with Crippen LogP contribution in [-0.4, -0.2) is 12.5 Å². The monoisotopic (exact) mass is 294 g/mol. The summed E-state index contributed by atoms with van der Waals surface area (Å²) in [5, 5.41) is 2.21. The van der Waals surface area contributed by atoms with Crippen LogP contribution < -0.4 is 11.1 Å². The van der Waals surface area contributed by atoms with Gasteiger partial charge in [0, 0.05) is 17.7 Å². The van der Waals surface area contributed by atoms with E-state index in [1.54, 1.807) is 12.1 Å². The fourth-order valence-electron chi connectivity index (χ4n) is 1.85. The lowest BCUT2D eigenvalue weighted by Gasteiger charge is -2.08. The standard InChI is InChI=1S/C15H13F3N2O/c16-11-7-13(18)14(8-12(11)17)20-15(21)10-3-1-2-9(6-10)4-5-19/h1-3,6-8H,4-5,19H2,(H,20,21). The highest BCUT2D eigenvalue weighted by atomic mass is 19.2. The fraction of sp³-hybridized carbons (Fsp3) is 0.133.